The molecule has 0 radical (unpaired) electrons. The molecule has 0 aliphatic carbocycles. The van der Waals surface area contributed by atoms with Gasteiger partial charge in [-0.2, -0.15) is 0 Å². The maximum atomic E-state index is 13.0. The molecule has 0 spiro atoms. The Morgan fingerprint density at radius 2 is 1.88 bits per heavy atom. The van der Waals surface area contributed by atoms with Crippen LogP contribution in [0.25, 0.3) is 0 Å². The fourth-order valence-electron chi connectivity index (χ4n) is 2.89. The lowest BCUT2D eigenvalue weighted by molar-refractivity contribution is -0.129. The van der Waals surface area contributed by atoms with Gasteiger partial charge >= 0.3 is 6.09 Å². The van der Waals surface area contributed by atoms with Gasteiger partial charge in [0.15, 0.2) is 0 Å². The molecule has 0 aromatic heterocycles. The van der Waals surface area contributed by atoms with Crippen molar-refractivity contribution in [1.82, 2.24) is 4.90 Å². The fraction of sp³-hybridized carbons (Fsp3) is 0.263. The Hall–Kier alpha value is -2.69. The number of ether oxygens (including phenoxy) is 1. The molecule has 1 saturated heterocycles. The molecule has 2 aromatic rings. The zero-order valence-electron chi connectivity index (χ0n) is 13.3. The molecule has 2 amide bonds. The van der Waals surface area contributed by atoms with Crippen molar-refractivity contribution in [2.75, 3.05) is 6.61 Å². The van der Waals surface area contributed by atoms with Crippen LogP contribution >= 0.6 is 0 Å². The van der Waals surface area contributed by atoms with E-state index in [1.165, 1.54) is 17.0 Å². The first-order valence-corrected chi connectivity index (χ1v) is 7.85. The largest absolute Gasteiger partial charge is 0.446 e. The Labute approximate surface area is 139 Å². The molecule has 5 heteroatoms. The molecule has 1 aliphatic rings. The first-order valence-electron chi connectivity index (χ1n) is 7.85. The van der Waals surface area contributed by atoms with Gasteiger partial charge in [0.05, 0.1) is 0 Å². The van der Waals surface area contributed by atoms with Crippen LogP contribution in [0.15, 0.2) is 54.6 Å². The Kier molecular flexibility index (Phi) is 4.60. The first-order chi connectivity index (χ1) is 11.6. The molecule has 3 rings (SSSR count). The van der Waals surface area contributed by atoms with Crippen molar-refractivity contribution < 1.29 is 18.7 Å². The van der Waals surface area contributed by atoms with Crippen LogP contribution in [-0.4, -0.2) is 23.5 Å². The molecule has 2 atom stereocenters. The second-order valence-corrected chi connectivity index (χ2v) is 5.92. The summed E-state index contributed by atoms with van der Waals surface area (Å²) in [5.41, 5.74) is 1.72. The van der Waals surface area contributed by atoms with Crippen molar-refractivity contribution in [3.63, 3.8) is 0 Å². The molecule has 0 bridgehead atoms. The molecular formula is C19H18FNO3. The van der Waals surface area contributed by atoms with E-state index < -0.39 is 12.1 Å². The average Bonchev–Trinajstić information content (AvgIpc) is 2.98. The van der Waals surface area contributed by atoms with E-state index in [9.17, 15) is 14.0 Å². The predicted octanol–water partition coefficient (Wildman–Crippen LogP) is 4.04. The lowest BCUT2D eigenvalue weighted by Gasteiger charge is -2.21. The molecule has 0 N–H and O–H groups in total. The lowest BCUT2D eigenvalue weighted by atomic mass is 9.96. The number of carbonyl (C=O) groups excluding carboxylic acids is 2. The molecule has 1 aliphatic heterocycles. The number of amides is 2. The number of hydrogen-bond acceptors (Lipinski definition) is 3. The van der Waals surface area contributed by atoms with Crippen LogP contribution in [0.4, 0.5) is 9.18 Å². The van der Waals surface area contributed by atoms with Gasteiger partial charge in [-0.05, 0) is 29.2 Å². The van der Waals surface area contributed by atoms with Crippen LogP contribution in [-0.2, 0) is 9.53 Å². The van der Waals surface area contributed by atoms with Gasteiger partial charge in [-0.15, -0.1) is 0 Å². The highest BCUT2D eigenvalue weighted by Gasteiger charge is 2.39. The molecule has 1 heterocycles. The first kappa shape index (κ1) is 16.2. The zero-order valence-corrected chi connectivity index (χ0v) is 13.3. The van der Waals surface area contributed by atoms with E-state index in [4.69, 9.17) is 4.74 Å². The highest BCUT2D eigenvalue weighted by atomic mass is 19.1. The summed E-state index contributed by atoms with van der Waals surface area (Å²) in [5.74, 6) is -0.726. The van der Waals surface area contributed by atoms with E-state index in [2.05, 4.69) is 0 Å². The number of imide groups is 1. The second-order valence-electron chi connectivity index (χ2n) is 5.92. The third kappa shape index (κ3) is 3.30. The van der Waals surface area contributed by atoms with Crippen LogP contribution < -0.4 is 0 Å². The normalized spacial score (nSPS) is 18.3. The minimum atomic E-state index is -0.611. The molecule has 1 unspecified atom stereocenters. The number of carbonyl (C=O) groups is 2. The number of rotatable bonds is 4. The standard InChI is InChI=1S/C19H18FNO3/c1-13(14-7-9-16(20)10-8-14)11-18(22)21-17(12-24-19(21)23)15-5-3-2-4-6-15/h2-10,13,17H,11-12H2,1H3/t13-,17?/m0/s1. The van der Waals surface area contributed by atoms with Crippen molar-refractivity contribution >= 4 is 12.0 Å². The number of cyclic esters (lactones) is 1. The predicted molar refractivity (Wildman–Crippen MR) is 86.8 cm³/mol. The fourth-order valence-corrected chi connectivity index (χ4v) is 2.89. The Morgan fingerprint density at radius 3 is 2.54 bits per heavy atom. The molecular weight excluding hydrogens is 309 g/mol. The van der Waals surface area contributed by atoms with E-state index in [1.54, 1.807) is 12.1 Å². The zero-order chi connectivity index (χ0) is 17.1. The van der Waals surface area contributed by atoms with Gasteiger partial charge in [0.2, 0.25) is 5.91 Å². The second kappa shape index (κ2) is 6.83. The van der Waals surface area contributed by atoms with Gasteiger partial charge in [-0.1, -0.05) is 49.4 Å². The summed E-state index contributed by atoms with van der Waals surface area (Å²) in [6.07, 6.45) is -0.454. The summed E-state index contributed by atoms with van der Waals surface area (Å²) < 4.78 is 18.1. The van der Waals surface area contributed by atoms with E-state index in [-0.39, 0.29) is 30.7 Å². The number of halogens is 1. The van der Waals surface area contributed by atoms with Gasteiger partial charge in [0, 0.05) is 6.42 Å². The quantitative estimate of drug-likeness (QED) is 0.851. The Balaban J connectivity index is 1.75. The molecule has 0 saturated carbocycles. The maximum absolute atomic E-state index is 13.0. The summed E-state index contributed by atoms with van der Waals surface area (Å²) in [6.45, 7) is 2.05. The summed E-state index contributed by atoms with van der Waals surface area (Å²) in [7, 11) is 0. The molecule has 24 heavy (non-hydrogen) atoms. The van der Waals surface area contributed by atoms with Crippen molar-refractivity contribution in [3.05, 3.63) is 71.5 Å². The monoisotopic (exact) mass is 327 g/mol. The van der Waals surface area contributed by atoms with Crippen molar-refractivity contribution in [3.8, 4) is 0 Å². The third-order valence-electron chi connectivity index (χ3n) is 4.25. The SMILES string of the molecule is C[C@@H](CC(=O)N1C(=O)OCC1c1ccccc1)c1ccc(F)cc1. The third-order valence-corrected chi connectivity index (χ3v) is 4.25. The van der Waals surface area contributed by atoms with E-state index in [0.29, 0.717) is 0 Å². The van der Waals surface area contributed by atoms with Crippen molar-refractivity contribution in [1.29, 1.82) is 0 Å². The Bertz CT molecular complexity index is 730. The number of nitrogens with zero attached hydrogens (tertiary/aromatic N) is 1. The number of benzene rings is 2. The van der Waals surface area contributed by atoms with Crippen LogP contribution in [0.5, 0.6) is 0 Å². The lowest BCUT2D eigenvalue weighted by Crippen LogP contribution is -2.34. The van der Waals surface area contributed by atoms with Crippen LogP contribution in [0.3, 0.4) is 0 Å². The highest BCUT2D eigenvalue weighted by Crippen LogP contribution is 2.30. The molecule has 1 fully saturated rings. The summed E-state index contributed by atoms with van der Waals surface area (Å²) in [5, 5.41) is 0. The molecule has 4 nitrogen and oxygen atoms in total. The van der Waals surface area contributed by atoms with Gasteiger partial charge < -0.3 is 4.74 Å². The van der Waals surface area contributed by atoms with Crippen LogP contribution in [0.1, 0.15) is 36.4 Å². The van der Waals surface area contributed by atoms with Crippen molar-refractivity contribution in [2.45, 2.75) is 25.3 Å². The summed E-state index contributed by atoms with van der Waals surface area (Å²) >= 11 is 0. The topological polar surface area (TPSA) is 46.6 Å². The van der Waals surface area contributed by atoms with Crippen LogP contribution in [0.2, 0.25) is 0 Å². The van der Waals surface area contributed by atoms with E-state index >= 15 is 0 Å². The highest BCUT2D eigenvalue weighted by molar-refractivity contribution is 5.94. The van der Waals surface area contributed by atoms with Crippen LogP contribution in [0, 0.1) is 5.82 Å². The Morgan fingerprint density at radius 1 is 1.21 bits per heavy atom. The molecule has 124 valence electrons. The van der Waals surface area contributed by atoms with Gasteiger partial charge in [-0.25, -0.2) is 14.1 Å². The van der Waals surface area contributed by atoms with Gasteiger partial charge in [0.25, 0.3) is 0 Å². The van der Waals surface area contributed by atoms with Gasteiger partial charge in [0.1, 0.15) is 18.5 Å². The minimum Gasteiger partial charge on any atom is -0.446 e. The van der Waals surface area contributed by atoms with E-state index in [1.807, 2.05) is 37.3 Å². The number of hydrogen-bond donors (Lipinski definition) is 0. The minimum absolute atomic E-state index is 0.122. The average molecular weight is 327 g/mol. The van der Waals surface area contributed by atoms with E-state index in [0.717, 1.165) is 11.1 Å². The smallest absolute Gasteiger partial charge is 0.417 e. The summed E-state index contributed by atoms with van der Waals surface area (Å²) in [6, 6.07) is 15.0. The molecule has 2 aromatic carbocycles. The van der Waals surface area contributed by atoms with Crippen molar-refractivity contribution in [2.24, 2.45) is 0 Å². The van der Waals surface area contributed by atoms with Gasteiger partial charge in [-0.3, -0.25) is 4.79 Å². The maximum Gasteiger partial charge on any atom is 0.417 e. The summed E-state index contributed by atoms with van der Waals surface area (Å²) in [4.78, 5) is 25.8.